The molecule has 0 bridgehead atoms. The van der Waals surface area contributed by atoms with E-state index in [4.69, 9.17) is 5.73 Å². The van der Waals surface area contributed by atoms with Crippen molar-refractivity contribution < 1.29 is 9.18 Å². The molecule has 2 aromatic rings. The highest BCUT2D eigenvalue weighted by molar-refractivity contribution is 5.91. The molecular formula is C14H13FN4O. The minimum absolute atomic E-state index is 0.343. The molecular weight excluding hydrogens is 259 g/mol. The number of hydrogen-bond donors (Lipinski definition) is 1. The molecule has 0 saturated heterocycles. The van der Waals surface area contributed by atoms with Crippen LogP contribution in [0.5, 0.6) is 0 Å². The molecule has 0 saturated carbocycles. The molecule has 1 aliphatic rings. The van der Waals surface area contributed by atoms with Gasteiger partial charge < -0.3 is 5.73 Å². The first-order valence-electron chi connectivity index (χ1n) is 6.32. The summed E-state index contributed by atoms with van der Waals surface area (Å²) in [6, 6.07) is 2.64. The molecule has 0 aliphatic carbocycles. The third-order valence-electron chi connectivity index (χ3n) is 3.37. The largest absolute Gasteiger partial charge is 0.351 e. The van der Waals surface area contributed by atoms with E-state index in [0.717, 1.165) is 18.4 Å². The normalized spacial score (nSPS) is 13.9. The zero-order chi connectivity index (χ0) is 14.1. The Labute approximate surface area is 115 Å². The molecule has 2 N–H and O–H groups in total. The van der Waals surface area contributed by atoms with Crippen molar-refractivity contribution in [2.45, 2.75) is 12.8 Å². The van der Waals surface area contributed by atoms with Gasteiger partial charge in [-0.1, -0.05) is 0 Å². The molecule has 0 unspecified atom stereocenters. The van der Waals surface area contributed by atoms with Gasteiger partial charge in [0.2, 0.25) is 0 Å². The second-order valence-corrected chi connectivity index (χ2v) is 4.66. The van der Waals surface area contributed by atoms with Crippen molar-refractivity contribution >= 4 is 11.8 Å². The van der Waals surface area contributed by atoms with Gasteiger partial charge in [-0.05, 0) is 30.5 Å². The molecule has 3 heterocycles. The molecule has 2 amide bonds. The maximum absolute atomic E-state index is 13.8. The summed E-state index contributed by atoms with van der Waals surface area (Å²) in [5.74, 6) is 0.223. The fourth-order valence-corrected chi connectivity index (χ4v) is 2.42. The van der Waals surface area contributed by atoms with Gasteiger partial charge in [-0.2, -0.15) is 0 Å². The lowest BCUT2D eigenvalue weighted by molar-refractivity contribution is 0.253. The Hall–Kier alpha value is -2.50. The number of carbonyl (C=O) groups is 1. The fourth-order valence-electron chi connectivity index (χ4n) is 2.42. The van der Waals surface area contributed by atoms with Gasteiger partial charge in [0, 0.05) is 36.3 Å². The topological polar surface area (TPSA) is 72.1 Å². The van der Waals surface area contributed by atoms with E-state index in [0.29, 0.717) is 23.5 Å². The number of hydrogen-bond acceptors (Lipinski definition) is 3. The van der Waals surface area contributed by atoms with E-state index in [1.807, 2.05) is 6.07 Å². The van der Waals surface area contributed by atoms with Gasteiger partial charge in [-0.25, -0.2) is 14.2 Å². The molecule has 1 aliphatic heterocycles. The number of nitrogens with two attached hydrogens (primary N) is 1. The molecule has 0 spiro atoms. The first-order valence-corrected chi connectivity index (χ1v) is 6.32. The van der Waals surface area contributed by atoms with E-state index in [9.17, 15) is 9.18 Å². The van der Waals surface area contributed by atoms with Crippen molar-refractivity contribution in [2.24, 2.45) is 5.73 Å². The minimum atomic E-state index is -0.515. The third-order valence-corrected chi connectivity index (χ3v) is 3.37. The summed E-state index contributed by atoms with van der Waals surface area (Å²) < 4.78 is 13.8. The van der Waals surface area contributed by atoms with Crippen molar-refractivity contribution in [3.8, 4) is 11.1 Å². The average molecular weight is 272 g/mol. The molecule has 6 heteroatoms. The SMILES string of the molecule is NC(=O)N1CCCc2cc(-c3cnccc3F)cnc21. The molecule has 0 atom stereocenters. The third kappa shape index (κ3) is 2.09. The summed E-state index contributed by atoms with van der Waals surface area (Å²) in [5.41, 5.74) is 7.29. The molecule has 0 radical (unpaired) electrons. The van der Waals surface area contributed by atoms with Gasteiger partial charge >= 0.3 is 6.03 Å². The second-order valence-electron chi connectivity index (χ2n) is 4.66. The fraction of sp³-hybridized carbons (Fsp3) is 0.214. The number of aryl methyl sites for hydroxylation is 1. The zero-order valence-electron chi connectivity index (χ0n) is 10.7. The second kappa shape index (κ2) is 4.88. The average Bonchev–Trinajstić information content (AvgIpc) is 2.46. The first-order chi connectivity index (χ1) is 9.66. The summed E-state index contributed by atoms with van der Waals surface area (Å²) in [6.07, 6.45) is 6.02. The predicted molar refractivity (Wildman–Crippen MR) is 72.7 cm³/mol. The van der Waals surface area contributed by atoms with Crippen molar-refractivity contribution in [2.75, 3.05) is 11.4 Å². The number of halogens is 1. The highest BCUT2D eigenvalue weighted by atomic mass is 19.1. The lowest BCUT2D eigenvalue weighted by Gasteiger charge is -2.26. The highest BCUT2D eigenvalue weighted by Gasteiger charge is 2.22. The van der Waals surface area contributed by atoms with E-state index in [1.54, 1.807) is 6.20 Å². The van der Waals surface area contributed by atoms with Crippen LogP contribution in [0.2, 0.25) is 0 Å². The van der Waals surface area contributed by atoms with Gasteiger partial charge in [0.05, 0.1) is 0 Å². The monoisotopic (exact) mass is 272 g/mol. The van der Waals surface area contributed by atoms with Crippen molar-refractivity contribution in [3.05, 3.63) is 42.1 Å². The Morgan fingerprint density at radius 3 is 3.00 bits per heavy atom. The smallest absolute Gasteiger partial charge is 0.320 e. The number of carbonyl (C=O) groups excluding carboxylic acids is 1. The van der Waals surface area contributed by atoms with Crippen LogP contribution in [0.15, 0.2) is 30.7 Å². The van der Waals surface area contributed by atoms with Gasteiger partial charge in [-0.3, -0.25) is 9.88 Å². The van der Waals surface area contributed by atoms with E-state index in [1.165, 1.54) is 23.4 Å². The number of urea groups is 1. The van der Waals surface area contributed by atoms with Gasteiger partial charge in [0.1, 0.15) is 11.6 Å². The summed E-state index contributed by atoms with van der Waals surface area (Å²) >= 11 is 0. The van der Waals surface area contributed by atoms with E-state index in [2.05, 4.69) is 9.97 Å². The van der Waals surface area contributed by atoms with Crippen molar-refractivity contribution in [3.63, 3.8) is 0 Å². The summed E-state index contributed by atoms with van der Waals surface area (Å²) in [5, 5.41) is 0. The zero-order valence-corrected chi connectivity index (χ0v) is 10.7. The molecule has 20 heavy (non-hydrogen) atoms. The molecule has 102 valence electrons. The Balaban J connectivity index is 2.06. The van der Waals surface area contributed by atoms with Crippen LogP contribution in [0.3, 0.4) is 0 Å². The quantitative estimate of drug-likeness (QED) is 0.864. The van der Waals surface area contributed by atoms with E-state index in [-0.39, 0.29) is 5.82 Å². The summed E-state index contributed by atoms with van der Waals surface area (Å²) in [7, 11) is 0. The molecule has 2 aromatic heterocycles. The van der Waals surface area contributed by atoms with Crippen LogP contribution >= 0.6 is 0 Å². The molecule has 3 rings (SSSR count). The van der Waals surface area contributed by atoms with Crippen LogP contribution in [0, 0.1) is 5.82 Å². The number of primary amides is 1. The van der Waals surface area contributed by atoms with Crippen molar-refractivity contribution in [1.29, 1.82) is 0 Å². The van der Waals surface area contributed by atoms with Crippen LogP contribution in [-0.4, -0.2) is 22.5 Å². The maximum Gasteiger partial charge on any atom is 0.320 e. The maximum atomic E-state index is 13.8. The first kappa shape index (κ1) is 12.5. The lowest BCUT2D eigenvalue weighted by Crippen LogP contribution is -2.40. The van der Waals surface area contributed by atoms with E-state index >= 15 is 0 Å². The number of pyridine rings is 2. The molecule has 0 aromatic carbocycles. The number of anilines is 1. The Bertz CT molecular complexity index is 674. The van der Waals surface area contributed by atoms with Gasteiger partial charge in [0.15, 0.2) is 0 Å². The van der Waals surface area contributed by atoms with Gasteiger partial charge in [-0.15, -0.1) is 0 Å². The van der Waals surface area contributed by atoms with Crippen LogP contribution < -0.4 is 10.6 Å². The van der Waals surface area contributed by atoms with Crippen LogP contribution in [0.25, 0.3) is 11.1 Å². The van der Waals surface area contributed by atoms with Crippen LogP contribution in [0.1, 0.15) is 12.0 Å². The van der Waals surface area contributed by atoms with Crippen LogP contribution in [-0.2, 0) is 6.42 Å². The lowest BCUT2D eigenvalue weighted by atomic mass is 10.0. The van der Waals surface area contributed by atoms with E-state index < -0.39 is 6.03 Å². The minimum Gasteiger partial charge on any atom is -0.351 e. The Kier molecular flexibility index (Phi) is 3.06. The Morgan fingerprint density at radius 1 is 1.40 bits per heavy atom. The number of amides is 2. The number of fused-ring (bicyclic) bond motifs is 1. The summed E-state index contributed by atoms with van der Waals surface area (Å²) in [4.78, 5) is 21.0. The Morgan fingerprint density at radius 2 is 2.25 bits per heavy atom. The molecule has 0 fully saturated rings. The van der Waals surface area contributed by atoms with Crippen molar-refractivity contribution in [1.82, 2.24) is 9.97 Å². The van der Waals surface area contributed by atoms with Gasteiger partial charge in [0.25, 0.3) is 0 Å². The van der Waals surface area contributed by atoms with Crippen LogP contribution in [0.4, 0.5) is 15.0 Å². The highest BCUT2D eigenvalue weighted by Crippen LogP contribution is 2.29. The number of rotatable bonds is 1. The predicted octanol–water partition coefficient (Wildman–Crippen LogP) is 2.11. The standard InChI is InChI=1S/C14H13FN4O/c15-12-3-4-17-8-11(12)10-6-9-2-1-5-19(14(16)20)13(9)18-7-10/h3-4,6-8H,1-2,5H2,(H2,16,20). The number of nitrogens with zero attached hydrogens (tertiary/aromatic N) is 3. The number of aromatic nitrogens is 2. The molecule has 5 nitrogen and oxygen atoms in total. The summed E-state index contributed by atoms with van der Waals surface area (Å²) in [6.45, 7) is 0.565.